The minimum absolute atomic E-state index is 0. The average Bonchev–Trinajstić information content (AvgIpc) is 3.11. The van der Waals surface area contributed by atoms with Crippen LogP contribution in [0.4, 0.5) is 0 Å². The van der Waals surface area contributed by atoms with Crippen LogP contribution >= 0.6 is 12.4 Å². The quantitative estimate of drug-likeness (QED) is 0.882. The minimum Gasteiger partial charge on any atom is -0.352 e. The van der Waals surface area contributed by atoms with Crippen LogP contribution in [-0.4, -0.2) is 40.0 Å². The summed E-state index contributed by atoms with van der Waals surface area (Å²) in [6.07, 6.45) is 1.26. The highest BCUT2D eigenvalue weighted by molar-refractivity contribution is 5.85. The molecule has 1 atom stereocenters. The Bertz CT molecular complexity index is 622. The molecule has 2 aromatic rings. The molecule has 1 aromatic carbocycles. The zero-order valence-electron chi connectivity index (χ0n) is 12.5. The molecule has 0 spiro atoms. The van der Waals surface area contributed by atoms with Gasteiger partial charge in [0.2, 0.25) is 5.91 Å². The van der Waals surface area contributed by atoms with E-state index in [1.165, 1.54) is 0 Å². The van der Waals surface area contributed by atoms with Gasteiger partial charge in [-0.2, -0.15) is 0 Å². The summed E-state index contributed by atoms with van der Waals surface area (Å²) in [5.74, 6) is 0.00640. The fourth-order valence-electron chi connectivity index (χ4n) is 2.55. The van der Waals surface area contributed by atoms with Crippen molar-refractivity contribution < 1.29 is 4.79 Å². The van der Waals surface area contributed by atoms with Crippen LogP contribution in [0.3, 0.4) is 0 Å². The van der Waals surface area contributed by atoms with Gasteiger partial charge in [0, 0.05) is 12.6 Å². The molecule has 3 rings (SSSR count). The minimum atomic E-state index is 0. The second-order valence-electron chi connectivity index (χ2n) is 5.30. The van der Waals surface area contributed by atoms with Crippen molar-refractivity contribution in [3.8, 4) is 5.69 Å². The van der Waals surface area contributed by atoms with E-state index in [1.54, 1.807) is 4.68 Å². The zero-order chi connectivity index (χ0) is 14.7. The van der Waals surface area contributed by atoms with Crippen LogP contribution in [0.25, 0.3) is 5.69 Å². The predicted octanol–water partition coefficient (Wildman–Crippen LogP) is 1.02. The van der Waals surface area contributed by atoms with Gasteiger partial charge in [-0.05, 0) is 32.0 Å². The molecule has 0 saturated carbocycles. The molecule has 1 aliphatic rings. The van der Waals surface area contributed by atoms with Crippen molar-refractivity contribution in [3.63, 3.8) is 0 Å². The number of nitrogens with zero attached hydrogens (tertiary/aromatic N) is 3. The van der Waals surface area contributed by atoms with Gasteiger partial charge in [0.25, 0.3) is 0 Å². The lowest BCUT2D eigenvalue weighted by molar-refractivity contribution is -0.121. The molecule has 0 bridgehead atoms. The number of hydrogen-bond acceptors (Lipinski definition) is 4. The molecule has 0 aliphatic carbocycles. The normalized spacial score (nSPS) is 17.0. The summed E-state index contributed by atoms with van der Waals surface area (Å²) in [5, 5.41) is 14.5. The standard InChI is InChI=1S/C15H19N5O.ClH/c1-11-14(9-15(21)17-12-7-8-16-10-12)18-19-20(11)13-5-3-2-4-6-13;/h2-6,12,16H,7-10H2,1H3,(H,17,21);1H. The first-order valence-corrected chi connectivity index (χ1v) is 7.21. The predicted molar refractivity (Wildman–Crippen MR) is 86.5 cm³/mol. The van der Waals surface area contributed by atoms with Gasteiger partial charge in [0.15, 0.2) is 0 Å². The highest BCUT2D eigenvalue weighted by Gasteiger charge is 2.19. The van der Waals surface area contributed by atoms with E-state index >= 15 is 0 Å². The number of carbonyl (C=O) groups is 1. The van der Waals surface area contributed by atoms with Crippen LogP contribution in [0.2, 0.25) is 0 Å². The van der Waals surface area contributed by atoms with Crippen molar-refractivity contribution in [2.45, 2.75) is 25.8 Å². The third kappa shape index (κ3) is 3.64. The van der Waals surface area contributed by atoms with Crippen LogP contribution in [0, 0.1) is 6.92 Å². The maximum atomic E-state index is 12.1. The monoisotopic (exact) mass is 321 g/mol. The van der Waals surface area contributed by atoms with Crippen LogP contribution in [-0.2, 0) is 11.2 Å². The first-order valence-electron chi connectivity index (χ1n) is 7.21. The second-order valence-corrected chi connectivity index (χ2v) is 5.30. The Kier molecular flexibility index (Phi) is 5.51. The van der Waals surface area contributed by atoms with Crippen molar-refractivity contribution in [3.05, 3.63) is 41.7 Å². The summed E-state index contributed by atoms with van der Waals surface area (Å²) in [6, 6.07) is 10.0. The Morgan fingerprint density at radius 2 is 2.18 bits per heavy atom. The van der Waals surface area contributed by atoms with E-state index in [0.29, 0.717) is 0 Å². The zero-order valence-corrected chi connectivity index (χ0v) is 13.3. The fourth-order valence-corrected chi connectivity index (χ4v) is 2.55. The lowest BCUT2D eigenvalue weighted by atomic mass is 10.2. The van der Waals surface area contributed by atoms with Gasteiger partial charge in [-0.3, -0.25) is 4.79 Å². The van der Waals surface area contributed by atoms with Gasteiger partial charge in [-0.1, -0.05) is 23.4 Å². The van der Waals surface area contributed by atoms with E-state index in [4.69, 9.17) is 0 Å². The topological polar surface area (TPSA) is 71.8 Å². The molecule has 1 fully saturated rings. The summed E-state index contributed by atoms with van der Waals surface area (Å²) < 4.78 is 1.76. The molecular formula is C15H20ClN5O. The van der Waals surface area contributed by atoms with Crippen molar-refractivity contribution in [1.29, 1.82) is 0 Å². The van der Waals surface area contributed by atoms with Gasteiger partial charge in [0.05, 0.1) is 23.5 Å². The molecular weight excluding hydrogens is 302 g/mol. The summed E-state index contributed by atoms with van der Waals surface area (Å²) in [5.41, 5.74) is 2.58. The molecule has 0 radical (unpaired) electrons. The number of para-hydroxylation sites is 1. The Labute approximate surface area is 135 Å². The van der Waals surface area contributed by atoms with E-state index in [1.807, 2.05) is 37.3 Å². The summed E-state index contributed by atoms with van der Waals surface area (Å²) in [6.45, 7) is 3.75. The van der Waals surface area contributed by atoms with Crippen LogP contribution < -0.4 is 10.6 Å². The average molecular weight is 322 g/mol. The molecule has 2 N–H and O–H groups in total. The number of carbonyl (C=O) groups excluding carboxylic acids is 1. The fraction of sp³-hybridized carbons (Fsp3) is 0.400. The van der Waals surface area contributed by atoms with Crippen LogP contribution in [0.1, 0.15) is 17.8 Å². The maximum Gasteiger partial charge on any atom is 0.226 e. The van der Waals surface area contributed by atoms with Crippen molar-refractivity contribution in [1.82, 2.24) is 25.6 Å². The largest absolute Gasteiger partial charge is 0.352 e. The molecule has 22 heavy (non-hydrogen) atoms. The van der Waals surface area contributed by atoms with E-state index in [0.717, 1.165) is 36.6 Å². The van der Waals surface area contributed by atoms with Gasteiger partial charge >= 0.3 is 0 Å². The SMILES string of the molecule is Cc1c(CC(=O)NC2CCNC2)nnn1-c1ccccc1.Cl. The van der Waals surface area contributed by atoms with Gasteiger partial charge in [-0.15, -0.1) is 17.5 Å². The summed E-state index contributed by atoms with van der Waals surface area (Å²) >= 11 is 0. The highest BCUT2D eigenvalue weighted by atomic mass is 35.5. The Hall–Kier alpha value is -1.92. The van der Waals surface area contributed by atoms with Crippen molar-refractivity contribution in [2.24, 2.45) is 0 Å². The van der Waals surface area contributed by atoms with E-state index in [2.05, 4.69) is 20.9 Å². The lowest BCUT2D eigenvalue weighted by Gasteiger charge is -2.10. The van der Waals surface area contributed by atoms with E-state index < -0.39 is 0 Å². The number of hydrogen-bond donors (Lipinski definition) is 2. The molecule has 2 heterocycles. The second kappa shape index (κ2) is 7.38. The maximum absolute atomic E-state index is 12.1. The smallest absolute Gasteiger partial charge is 0.226 e. The molecule has 1 unspecified atom stereocenters. The summed E-state index contributed by atoms with van der Waals surface area (Å²) in [4.78, 5) is 12.1. The Balaban J connectivity index is 0.00000176. The third-order valence-electron chi connectivity index (χ3n) is 3.74. The van der Waals surface area contributed by atoms with Crippen LogP contribution in [0.5, 0.6) is 0 Å². The number of rotatable bonds is 4. The van der Waals surface area contributed by atoms with E-state index in [-0.39, 0.29) is 30.8 Å². The number of amides is 1. The van der Waals surface area contributed by atoms with Gasteiger partial charge in [0.1, 0.15) is 0 Å². The molecule has 1 amide bonds. The molecule has 6 nitrogen and oxygen atoms in total. The van der Waals surface area contributed by atoms with Crippen molar-refractivity contribution in [2.75, 3.05) is 13.1 Å². The first kappa shape index (κ1) is 16.5. The molecule has 118 valence electrons. The molecule has 1 saturated heterocycles. The number of aromatic nitrogens is 3. The molecule has 1 aromatic heterocycles. The number of nitrogens with one attached hydrogen (secondary N) is 2. The van der Waals surface area contributed by atoms with Crippen molar-refractivity contribution >= 4 is 18.3 Å². The first-order chi connectivity index (χ1) is 10.2. The highest BCUT2D eigenvalue weighted by Crippen LogP contribution is 2.12. The lowest BCUT2D eigenvalue weighted by Crippen LogP contribution is -2.37. The molecule has 7 heteroatoms. The Morgan fingerprint density at radius 1 is 1.41 bits per heavy atom. The van der Waals surface area contributed by atoms with Gasteiger partial charge in [-0.25, -0.2) is 4.68 Å². The van der Waals surface area contributed by atoms with Gasteiger partial charge < -0.3 is 10.6 Å². The number of benzene rings is 1. The third-order valence-corrected chi connectivity index (χ3v) is 3.74. The molecule has 1 aliphatic heterocycles. The Morgan fingerprint density at radius 3 is 2.86 bits per heavy atom. The summed E-state index contributed by atoms with van der Waals surface area (Å²) in [7, 11) is 0. The van der Waals surface area contributed by atoms with E-state index in [9.17, 15) is 4.79 Å². The number of halogens is 1. The van der Waals surface area contributed by atoms with Crippen LogP contribution in [0.15, 0.2) is 30.3 Å².